The summed E-state index contributed by atoms with van der Waals surface area (Å²) in [6.07, 6.45) is 0. The van der Waals surface area contributed by atoms with Crippen LogP contribution in [-0.4, -0.2) is 10.2 Å². The van der Waals surface area contributed by atoms with Crippen molar-refractivity contribution in [2.24, 2.45) is 0 Å². The monoisotopic (exact) mass is 293 g/mol. The van der Waals surface area contributed by atoms with E-state index in [1.54, 1.807) is 0 Å². The minimum Gasteiger partial charge on any atom is -0.382 e. The smallest absolute Gasteiger partial charge is 0.153 e. The van der Waals surface area contributed by atoms with Gasteiger partial charge in [-0.3, -0.25) is 5.10 Å². The molecule has 1 aromatic carbocycles. The molecule has 0 fully saturated rings. The minimum atomic E-state index is -0.0116. The Morgan fingerprint density at radius 1 is 1.29 bits per heavy atom. The number of aromatic amines is 1. The van der Waals surface area contributed by atoms with Crippen LogP contribution in [0.5, 0.6) is 0 Å². The van der Waals surface area contributed by atoms with Crippen LogP contribution in [0.3, 0.4) is 0 Å². The fraction of sp³-hybridized carbons (Fsp3) is 0.308. The first-order valence-corrected chi connectivity index (χ1v) is 6.29. The quantitative estimate of drug-likeness (QED) is 0.842. The predicted octanol–water partition coefficient (Wildman–Crippen LogP) is 3.72. The number of aromatic nitrogens is 2. The maximum absolute atomic E-state index is 5.96. The van der Waals surface area contributed by atoms with Crippen molar-refractivity contribution in [3.05, 3.63) is 34.4 Å². The van der Waals surface area contributed by atoms with Crippen LogP contribution in [0.2, 0.25) is 0 Å². The number of halogens is 1. The second-order valence-corrected chi connectivity index (χ2v) is 6.03. The van der Waals surface area contributed by atoms with E-state index in [2.05, 4.69) is 53.0 Å². The summed E-state index contributed by atoms with van der Waals surface area (Å²) in [7, 11) is 0. The molecule has 4 heteroatoms. The molecule has 90 valence electrons. The van der Waals surface area contributed by atoms with Gasteiger partial charge in [-0.05, 0) is 17.7 Å². The van der Waals surface area contributed by atoms with Gasteiger partial charge in [0.2, 0.25) is 0 Å². The van der Waals surface area contributed by atoms with Crippen molar-refractivity contribution in [1.82, 2.24) is 10.2 Å². The number of hydrogen-bond donors (Lipinski definition) is 2. The molecule has 0 aliphatic heterocycles. The lowest BCUT2D eigenvalue weighted by Crippen LogP contribution is -2.13. The van der Waals surface area contributed by atoms with Crippen LogP contribution < -0.4 is 5.73 Å². The zero-order valence-corrected chi connectivity index (χ0v) is 11.8. The highest BCUT2D eigenvalue weighted by Crippen LogP contribution is 2.35. The molecule has 0 aliphatic rings. The van der Waals surface area contributed by atoms with E-state index in [0.717, 1.165) is 21.3 Å². The Labute approximate surface area is 110 Å². The van der Waals surface area contributed by atoms with Gasteiger partial charge in [0.05, 0.1) is 5.69 Å². The number of anilines is 1. The summed E-state index contributed by atoms with van der Waals surface area (Å²) in [5, 5.41) is 7.17. The van der Waals surface area contributed by atoms with Crippen LogP contribution in [0.4, 0.5) is 5.82 Å². The van der Waals surface area contributed by atoms with Crippen LogP contribution >= 0.6 is 15.9 Å². The van der Waals surface area contributed by atoms with Gasteiger partial charge in [-0.25, -0.2) is 0 Å². The molecule has 0 amide bonds. The van der Waals surface area contributed by atoms with Crippen LogP contribution in [0, 0.1) is 0 Å². The highest BCUT2D eigenvalue weighted by Gasteiger charge is 2.23. The average Bonchev–Trinajstić information content (AvgIpc) is 2.59. The zero-order chi connectivity index (χ0) is 12.6. The Balaban J connectivity index is 2.63. The summed E-state index contributed by atoms with van der Waals surface area (Å²) in [5.74, 6) is 0.549. The molecule has 3 N–H and O–H groups in total. The maximum atomic E-state index is 5.96. The van der Waals surface area contributed by atoms with Gasteiger partial charge >= 0.3 is 0 Å². The van der Waals surface area contributed by atoms with Crippen molar-refractivity contribution < 1.29 is 0 Å². The number of nitrogens with zero attached hydrogens (tertiary/aromatic N) is 1. The van der Waals surface area contributed by atoms with E-state index in [1.807, 2.05) is 18.2 Å². The van der Waals surface area contributed by atoms with Crippen molar-refractivity contribution in [3.63, 3.8) is 0 Å². The summed E-state index contributed by atoms with van der Waals surface area (Å²) in [6, 6.07) is 8.09. The molecule has 2 aromatic rings. The molecule has 2 rings (SSSR count). The molecule has 0 aliphatic carbocycles. The minimum absolute atomic E-state index is 0.0116. The van der Waals surface area contributed by atoms with Gasteiger partial charge in [-0.2, -0.15) is 5.10 Å². The van der Waals surface area contributed by atoms with E-state index in [-0.39, 0.29) is 5.41 Å². The predicted molar refractivity (Wildman–Crippen MR) is 74.8 cm³/mol. The van der Waals surface area contributed by atoms with Crippen molar-refractivity contribution in [2.45, 2.75) is 26.2 Å². The Bertz CT molecular complexity index is 538. The third-order valence-corrected chi connectivity index (χ3v) is 3.15. The highest BCUT2D eigenvalue weighted by molar-refractivity contribution is 9.10. The Morgan fingerprint density at radius 2 is 2.00 bits per heavy atom. The van der Waals surface area contributed by atoms with Crippen molar-refractivity contribution >= 4 is 21.7 Å². The SMILES string of the molecule is CC(C)(C)c1[nH]nc(N)c1-c1cccc(Br)c1. The number of nitrogens with one attached hydrogen (secondary N) is 1. The van der Waals surface area contributed by atoms with Crippen LogP contribution in [0.1, 0.15) is 26.5 Å². The van der Waals surface area contributed by atoms with E-state index >= 15 is 0 Å². The van der Waals surface area contributed by atoms with Gasteiger partial charge in [-0.1, -0.05) is 48.8 Å². The first-order chi connectivity index (χ1) is 7.89. The molecule has 0 spiro atoms. The van der Waals surface area contributed by atoms with Crippen molar-refractivity contribution in [1.29, 1.82) is 0 Å². The first kappa shape index (κ1) is 12.2. The second kappa shape index (κ2) is 4.18. The van der Waals surface area contributed by atoms with Gasteiger partial charge in [0.15, 0.2) is 5.82 Å². The number of H-pyrrole nitrogens is 1. The van der Waals surface area contributed by atoms with E-state index < -0.39 is 0 Å². The van der Waals surface area contributed by atoms with Gasteiger partial charge in [0.1, 0.15) is 0 Å². The summed E-state index contributed by atoms with van der Waals surface area (Å²) in [6.45, 7) is 6.42. The summed E-state index contributed by atoms with van der Waals surface area (Å²) in [5.41, 5.74) is 9.09. The molecule has 0 saturated carbocycles. The topological polar surface area (TPSA) is 54.7 Å². The van der Waals surface area contributed by atoms with E-state index in [4.69, 9.17) is 5.73 Å². The second-order valence-electron chi connectivity index (χ2n) is 5.12. The summed E-state index contributed by atoms with van der Waals surface area (Å²) >= 11 is 3.48. The molecule has 17 heavy (non-hydrogen) atoms. The lowest BCUT2D eigenvalue weighted by Gasteiger charge is -2.18. The van der Waals surface area contributed by atoms with E-state index in [0.29, 0.717) is 5.82 Å². The molecule has 0 bridgehead atoms. The third kappa shape index (κ3) is 2.36. The van der Waals surface area contributed by atoms with Crippen molar-refractivity contribution in [2.75, 3.05) is 5.73 Å². The average molecular weight is 294 g/mol. The Kier molecular flexibility index (Phi) is 3.00. The number of rotatable bonds is 1. The number of benzene rings is 1. The standard InChI is InChI=1S/C13H16BrN3/c1-13(2,3)11-10(12(15)17-16-11)8-5-4-6-9(14)7-8/h4-7H,1-3H3,(H3,15,16,17). The van der Waals surface area contributed by atoms with Gasteiger partial charge in [0, 0.05) is 15.5 Å². The third-order valence-electron chi connectivity index (χ3n) is 2.66. The normalized spacial score (nSPS) is 11.8. The van der Waals surface area contributed by atoms with Crippen LogP contribution in [0.15, 0.2) is 28.7 Å². The molecule has 0 saturated heterocycles. The van der Waals surface area contributed by atoms with Gasteiger partial charge in [-0.15, -0.1) is 0 Å². The lowest BCUT2D eigenvalue weighted by molar-refractivity contribution is 0.568. The van der Waals surface area contributed by atoms with Crippen molar-refractivity contribution in [3.8, 4) is 11.1 Å². The molecule has 0 unspecified atom stereocenters. The molecule has 3 nitrogen and oxygen atoms in total. The fourth-order valence-corrected chi connectivity index (χ4v) is 2.23. The van der Waals surface area contributed by atoms with Gasteiger partial charge in [0.25, 0.3) is 0 Å². The summed E-state index contributed by atoms with van der Waals surface area (Å²) in [4.78, 5) is 0. The van der Waals surface area contributed by atoms with E-state index in [1.165, 1.54) is 0 Å². The molecular formula is C13H16BrN3. The molecule has 0 atom stereocenters. The van der Waals surface area contributed by atoms with Crippen LogP contribution in [0.25, 0.3) is 11.1 Å². The highest BCUT2D eigenvalue weighted by atomic mass is 79.9. The largest absolute Gasteiger partial charge is 0.382 e. The fourth-order valence-electron chi connectivity index (χ4n) is 1.83. The van der Waals surface area contributed by atoms with Crippen LogP contribution in [-0.2, 0) is 5.41 Å². The maximum Gasteiger partial charge on any atom is 0.153 e. The Hall–Kier alpha value is -1.29. The number of nitrogens with two attached hydrogens (primary N) is 1. The Morgan fingerprint density at radius 3 is 2.59 bits per heavy atom. The lowest BCUT2D eigenvalue weighted by atomic mass is 9.87. The summed E-state index contributed by atoms with van der Waals surface area (Å²) < 4.78 is 1.04. The first-order valence-electron chi connectivity index (χ1n) is 5.50. The number of nitrogen functional groups attached to an aromatic ring is 1. The zero-order valence-electron chi connectivity index (χ0n) is 10.2. The number of hydrogen-bond acceptors (Lipinski definition) is 2. The molecule has 1 aromatic heterocycles. The van der Waals surface area contributed by atoms with E-state index in [9.17, 15) is 0 Å². The molecule has 1 heterocycles. The van der Waals surface area contributed by atoms with Gasteiger partial charge < -0.3 is 5.73 Å². The molecule has 0 radical (unpaired) electrons. The molecular weight excluding hydrogens is 278 g/mol.